The van der Waals surface area contributed by atoms with E-state index in [2.05, 4.69) is 9.71 Å². The molecule has 1 aliphatic heterocycles. The van der Waals surface area contributed by atoms with Crippen LogP contribution in [0.2, 0.25) is 0 Å². The summed E-state index contributed by atoms with van der Waals surface area (Å²) in [5.74, 6) is 0.295. The zero-order valence-electron chi connectivity index (χ0n) is 17.4. The molecule has 3 aromatic rings. The van der Waals surface area contributed by atoms with Crippen molar-refractivity contribution in [3.63, 3.8) is 0 Å². The minimum atomic E-state index is -3.87. The van der Waals surface area contributed by atoms with E-state index in [4.69, 9.17) is 0 Å². The van der Waals surface area contributed by atoms with Gasteiger partial charge in [0.15, 0.2) is 0 Å². The molecule has 0 saturated carbocycles. The summed E-state index contributed by atoms with van der Waals surface area (Å²) in [6.07, 6.45) is 3.68. The van der Waals surface area contributed by atoms with Gasteiger partial charge in [-0.2, -0.15) is 8.42 Å². The number of hydrogen-bond donors (Lipinski definition) is 1. The van der Waals surface area contributed by atoms with Crippen LogP contribution in [0.4, 0.5) is 5.69 Å². The summed E-state index contributed by atoms with van der Waals surface area (Å²) < 4.78 is 29.9. The van der Waals surface area contributed by atoms with E-state index in [1.54, 1.807) is 18.2 Å². The zero-order chi connectivity index (χ0) is 21.8. The average Bonchev–Trinajstić information content (AvgIpc) is 2.97. The van der Waals surface area contributed by atoms with Crippen LogP contribution in [0.5, 0.6) is 0 Å². The number of likely N-dealkylation sites (tertiary alicyclic amines) is 1. The van der Waals surface area contributed by atoms with Crippen molar-refractivity contribution in [3.8, 4) is 0 Å². The van der Waals surface area contributed by atoms with E-state index in [9.17, 15) is 13.2 Å². The number of rotatable bonds is 4. The third-order valence-corrected chi connectivity index (χ3v) is 6.78. The Bertz CT molecular complexity index is 1250. The molecule has 0 radical (unpaired) electrons. The first-order valence-corrected chi connectivity index (χ1v) is 11.8. The molecule has 0 spiro atoms. The Labute approximate surface area is 182 Å². The van der Waals surface area contributed by atoms with Gasteiger partial charge in [-0.3, -0.25) is 4.79 Å². The third-order valence-electron chi connectivity index (χ3n) is 5.48. The first kappa shape index (κ1) is 21.1. The van der Waals surface area contributed by atoms with Crippen LogP contribution >= 0.6 is 0 Å². The number of carbonyl (C=O) groups is 1. The largest absolute Gasteiger partial charge is 0.362 e. The van der Waals surface area contributed by atoms with Crippen molar-refractivity contribution in [1.29, 1.82) is 0 Å². The van der Waals surface area contributed by atoms with E-state index in [1.807, 2.05) is 48.3 Å². The second-order valence-corrected chi connectivity index (χ2v) is 9.33. The normalized spacial score (nSPS) is 16.3. The highest BCUT2D eigenvalue weighted by atomic mass is 32.2. The number of anilines is 1. The van der Waals surface area contributed by atoms with E-state index in [1.165, 1.54) is 12.1 Å². The van der Waals surface area contributed by atoms with Crippen LogP contribution < -0.4 is 5.32 Å². The Morgan fingerprint density at radius 3 is 2.61 bits per heavy atom. The van der Waals surface area contributed by atoms with Gasteiger partial charge in [0.25, 0.3) is 15.9 Å². The molecule has 3 aromatic carbocycles. The van der Waals surface area contributed by atoms with Crippen LogP contribution in [0.3, 0.4) is 0 Å². The van der Waals surface area contributed by atoms with Gasteiger partial charge in [-0.05, 0) is 47.9 Å². The van der Waals surface area contributed by atoms with Crippen LogP contribution in [0.1, 0.15) is 36.0 Å². The monoisotopic (exact) mass is 435 g/mol. The molecule has 0 bridgehead atoms. The van der Waals surface area contributed by atoms with E-state index in [0.29, 0.717) is 23.5 Å². The van der Waals surface area contributed by atoms with Gasteiger partial charge in [0.05, 0.1) is 4.90 Å². The second kappa shape index (κ2) is 8.89. The standard InChI is InChI=1S/C24H25N3O3S/c1-27-16-6-2-3-15-23(27)26-31(29,30)20-12-8-11-19(17-20)25-24(28)22-14-7-10-18-9-4-5-13-21(18)22/h4-5,7-14,17H,2-3,6,15-16H2,1H3,(H,25,28). The Morgan fingerprint density at radius 2 is 1.74 bits per heavy atom. The van der Waals surface area contributed by atoms with E-state index in [0.717, 1.165) is 36.6 Å². The average molecular weight is 436 g/mol. The lowest BCUT2D eigenvalue weighted by molar-refractivity contribution is 0.102. The fourth-order valence-electron chi connectivity index (χ4n) is 3.79. The van der Waals surface area contributed by atoms with Gasteiger partial charge in [-0.25, -0.2) is 0 Å². The molecule has 1 N–H and O–H groups in total. The fourth-order valence-corrected chi connectivity index (χ4v) is 4.93. The lowest BCUT2D eigenvalue weighted by atomic mass is 10.0. The summed E-state index contributed by atoms with van der Waals surface area (Å²) in [4.78, 5) is 14.9. The molecule has 6 nitrogen and oxygen atoms in total. The number of nitrogens with one attached hydrogen (secondary N) is 1. The van der Waals surface area contributed by atoms with Gasteiger partial charge in [-0.1, -0.05) is 48.9 Å². The number of fused-ring (bicyclic) bond motifs is 1. The van der Waals surface area contributed by atoms with E-state index >= 15 is 0 Å². The summed E-state index contributed by atoms with van der Waals surface area (Å²) in [7, 11) is -2.00. The van der Waals surface area contributed by atoms with Gasteiger partial charge in [0, 0.05) is 31.3 Å². The van der Waals surface area contributed by atoms with E-state index in [-0.39, 0.29) is 10.8 Å². The van der Waals surface area contributed by atoms with Crippen molar-refractivity contribution in [3.05, 3.63) is 72.3 Å². The van der Waals surface area contributed by atoms with Crippen LogP contribution in [0.15, 0.2) is 76.0 Å². The number of hydrogen-bond acceptors (Lipinski definition) is 3. The Kier molecular flexibility index (Phi) is 6.04. The minimum Gasteiger partial charge on any atom is -0.362 e. The zero-order valence-corrected chi connectivity index (χ0v) is 18.2. The first-order valence-electron chi connectivity index (χ1n) is 10.4. The SMILES string of the molecule is CN1CCCCCC1=NS(=O)(=O)c1cccc(NC(=O)c2cccc3ccccc23)c1. The van der Waals surface area contributed by atoms with Crippen LogP contribution in [-0.4, -0.2) is 38.7 Å². The van der Waals surface area contributed by atoms with Gasteiger partial charge in [0.1, 0.15) is 5.84 Å². The Balaban J connectivity index is 1.60. The highest BCUT2D eigenvalue weighted by molar-refractivity contribution is 7.90. The smallest absolute Gasteiger partial charge is 0.284 e. The van der Waals surface area contributed by atoms with Gasteiger partial charge < -0.3 is 10.2 Å². The highest BCUT2D eigenvalue weighted by Gasteiger charge is 2.19. The molecular formula is C24H25N3O3S. The van der Waals surface area contributed by atoms with Crippen molar-refractivity contribution >= 4 is 38.2 Å². The molecule has 0 aliphatic carbocycles. The number of sulfonamides is 1. The summed E-state index contributed by atoms with van der Waals surface area (Å²) in [5.41, 5.74) is 0.945. The first-order chi connectivity index (χ1) is 14.9. The lowest BCUT2D eigenvalue weighted by Crippen LogP contribution is -2.26. The number of amidine groups is 1. The van der Waals surface area contributed by atoms with Crippen molar-refractivity contribution in [2.75, 3.05) is 18.9 Å². The summed E-state index contributed by atoms with van der Waals surface area (Å²) in [6, 6.07) is 19.4. The summed E-state index contributed by atoms with van der Waals surface area (Å²) >= 11 is 0. The quantitative estimate of drug-likeness (QED) is 0.645. The molecule has 1 saturated heterocycles. The molecule has 4 rings (SSSR count). The molecule has 1 amide bonds. The van der Waals surface area contributed by atoms with Crippen molar-refractivity contribution < 1.29 is 13.2 Å². The molecule has 0 atom stereocenters. The molecule has 0 unspecified atom stereocenters. The number of carbonyl (C=O) groups excluding carboxylic acids is 1. The Morgan fingerprint density at radius 1 is 0.968 bits per heavy atom. The number of nitrogens with zero attached hydrogens (tertiary/aromatic N) is 2. The molecule has 1 heterocycles. The third kappa shape index (κ3) is 4.77. The second-order valence-electron chi connectivity index (χ2n) is 7.72. The molecule has 0 aromatic heterocycles. The van der Waals surface area contributed by atoms with Crippen molar-refractivity contribution in [2.24, 2.45) is 4.40 Å². The van der Waals surface area contributed by atoms with E-state index < -0.39 is 10.0 Å². The maximum absolute atomic E-state index is 12.9. The van der Waals surface area contributed by atoms with Gasteiger partial charge >= 0.3 is 0 Å². The van der Waals surface area contributed by atoms with Crippen LogP contribution in [0.25, 0.3) is 10.8 Å². The fraction of sp³-hybridized carbons (Fsp3) is 0.250. The molecular weight excluding hydrogens is 410 g/mol. The van der Waals surface area contributed by atoms with Gasteiger partial charge in [0.2, 0.25) is 0 Å². The maximum Gasteiger partial charge on any atom is 0.284 e. The summed E-state index contributed by atoms with van der Waals surface area (Å²) in [6.45, 7) is 0.801. The lowest BCUT2D eigenvalue weighted by Gasteiger charge is -2.17. The highest BCUT2D eigenvalue weighted by Crippen LogP contribution is 2.23. The number of benzene rings is 3. The summed E-state index contributed by atoms with van der Waals surface area (Å²) in [5, 5.41) is 4.63. The van der Waals surface area contributed by atoms with Crippen LogP contribution in [-0.2, 0) is 10.0 Å². The van der Waals surface area contributed by atoms with Crippen molar-refractivity contribution in [2.45, 2.75) is 30.6 Å². The predicted molar refractivity (Wildman–Crippen MR) is 124 cm³/mol. The number of amides is 1. The molecule has 1 aliphatic rings. The molecule has 7 heteroatoms. The van der Waals surface area contributed by atoms with Crippen LogP contribution in [0, 0.1) is 0 Å². The topological polar surface area (TPSA) is 78.8 Å². The molecule has 1 fully saturated rings. The van der Waals surface area contributed by atoms with Gasteiger partial charge in [-0.15, -0.1) is 4.40 Å². The molecule has 31 heavy (non-hydrogen) atoms. The maximum atomic E-state index is 12.9. The predicted octanol–water partition coefficient (Wildman–Crippen LogP) is 4.69. The molecule has 160 valence electrons. The Hall–Kier alpha value is -3.19. The van der Waals surface area contributed by atoms with Crippen molar-refractivity contribution in [1.82, 2.24) is 4.90 Å². The minimum absolute atomic E-state index is 0.0633.